The van der Waals surface area contributed by atoms with Gasteiger partial charge in [0.25, 0.3) is 5.91 Å². The number of nitrogens with one attached hydrogen (secondary N) is 1. The highest BCUT2D eigenvalue weighted by atomic mass is 35.5. The molecule has 1 fully saturated rings. The van der Waals surface area contributed by atoms with Crippen LogP contribution in [0.15, 0.2) is 47.5 Å². The van der Waals surface area contributed by atoms with Gasteiger partial charge in [-0.25, -0.2) is 13.4 Å². The van der Waals surface area contributed by atoms with Gasteiger partial charge >= 0.3 is 5.97 Å². The van der Waals surface area contributed by atoms with E-state index in [4.69, 9.17) is 21.1 Å². The van der Waals surface area contributed by atoms with Crippen LogP contribution in [0.3, 0.4) is 0 Å². The lowest BCUT2D eigenvalue weighted by Gasteiger charge is -2.22. The number of carbonyl (C=O) groups excluding carboxylic acids is 2. The van der Waals surface area contributed by atoms with Gasteiger partial charge in [0.2, 0.25) is 10.0 Å². The molecule has 3 rings (SSSR count). The van der Waals surface area contributed by atoms with Crippen molar-refractivity contribution in [2.75, 3.05) is 25.6 Å². The van der Waals surface area contributed by atoms with Gasteiger partial charge in [0.1, 0.15) is 17.6 Å². The van der Waals surface area contributed by atoms with E-state index in [1.807, 2.05) is 0 Å². The second-order valence-electron chi connectivity index (χ2n) is 6.67. The number of aliphatic hydroxyl groups is 1. The van der Waals surface area contributed by atoms with Gasteiger partial charge in [-0.3, -0.25) is 9.59 Å². The number of β-amino-alcohol motifs (C(OH)–C–C–N with tert-alkyl or cyclic N) is 1. The molecule has 2 N–H and O–H groups in total. The van der Waals surface area contributed by atoms with E-state index in [0.717, 1.165) is 4.31 Å². The summed E-state index contributed by atoms with van der Waals surface area (Å²) in [4.78, 5) is 28.3. The summed E-state index contributed by atoms with van der Waals surface area (Å²) in [6.45, 7) is -0.915. The van der Waals surface area contributed by atoms with Crippen molar-refractivity contribution in [2.45, 2.75) is 23.5 Å². The fraction of sp³-hybridized carbons (Fsp3) is 0.316. The third kappa shape index (κ3) is 5.50. The molecule has 1 aliphatic heterocycles. The molecule has 2 atom stereocenters. The number of nitrogens with zero attached hydrogens (tertiary/aromatic N) is 2. The van der Waals surface area contributed by atoms with E-state index in [1.54, 1.807) is 0 Å². The van der Waals surface area contributed by atoms with Crippen molar-refractivity contribution >= 4 is 39.3 Å². The molecule has 1 amide bonds. The molecule has 2 aromatic rings. The number of esters is 1. The van der Waals surface area contributed by atoms with Gasteiger partial charge in [-0.2, -0.15) is 4.31 Å². The minimum Gasteiger partial charge on any atom is -0.497 e. The molecule has 2 heterocycles. The number of methoxy groups -OCH3 is 1. The average molecular weight is 470 g/mol. The smallest absolute Gasteiger partial charge is 0.325 e. The van der Waals surface area contributed by atoms with Crippen LogP contribution in [0.4, 0.5) is 5.82 Å². The number of pyridine rings is 1. The van der Waals surface area contributed by atoms with Crippen molar-refractivity contribution in [3.63, 3.8) is 0 Å². The normalized spacial score (nSPS) is 19.1. The average Bonchev–Trinajstić information content (AvgIpc) is 3.16. The van der Waals surface area contributed by atoms with Gasteiger partial charge in [0.05, 0.1) is 23.1 Å². The van der Waals surface area contributed by atoms with Crippen molar-refractivity contribution in [1.29, 1.82) is 0 Å². The van der Waals surface area contributed by atoms with Gasteiger partial charge in [0, 0.05) is 19.2 Å². The molecule has 1 aliphatic rings. The molecule has 0 radical (unpaired) electrons. The fourth-order valence-electron chi connectivity index (χ4n) is 3.01. The first-order valence-electron chi connectivity index (χ1n) is 9.12. The Morgan fingerprint density at radius 2 is 1.97 bits per heavy atom. The van der Waals surface area contributed by atoms with Crippen LogP contribution < -0.4 is 10.1 Å². The van der Waals surface area contributed by atoms with Crippen LogP contribution in [0.1, 0.15) is 6.42 Å². The van der Waals surface area contributed by atoms with Gasteiger partial charge in [-0.05, 0) is 36.4 Å². The molecule has 0 bridgehead atoms. The Labute approximate surface area is 183 Å². The van der Waals surface area contributed by atoms with Crippen LogP contribution in [-0.2, 0) is 24.3 Å². The van der Waals surface area contributed by atoms with Gasteiger partial charge < -0.3 is 19.9 Å². The fourth-order valence-corrected chi connectivity index (χ4v) is 4.75. The monoisotopic (exact) mass is 469 g/mol. The standard InChI is InChI=1S/C19H20ClN3O7S/c1-29-14-3-5-15(6-4-14)31(27,28)23-10-13(24)8-16(23)19(26)30-11-18(25)22-17-7-2-12(20)9-21-17/h2-7,9,13,16,24H,8,10-11H2,1H3,(H,21,22,25)/t13?,16-/m1/s1. The molecule has 0 spiro atoms. The Morgan fingerprint density at radius 1 is 1.26 bits per heavy atom. The number of hydrogen-bond donors (Lipinski definition) is 2. The Bertz CT molecular complexity index is 1050. The second kappa shape index (κ2) is 9.60. The largest absolute Gasteiger partial charge is 0.497 e. The highest BCUT2D eigenvalue weighted by Gasteiger charge is 2.44. The number of hydrogen-bond acceptors (Lipinski definition) is 8. The molecule has 1 saturated heterocycles. The number of amides is 1. The lowest BCUT2D eigenvalue weighted by atomic mass is 10.2. The summed E-state index contributed by atoms with van der Waals surface area (Å²) in [5.74, 6) is -0.915. The van der Waals surface area contributed by atoms with Crippen LogP contribution in [0.2, 0.25) is 5.02 Å². The number of ether oxygens (including phenoxy) is 2. The molecule has 1 aromatic heterocycles. The number of aromatic nitrogens is 1. The molecule has 0 aliphatic carbocycles. The first-order valence-corrected chi connectivity index (χ1v) is 10.9. The lowest BCUT2D eigenvalue weighted by Crippen LogP contribution is -2.42. The van der Waals surface area contributed by atoms with Gasteiger partial charge in [-0.15, -0.1) is 0 Å². The van der Waals surface area contributed by atoms with Crippen molar-refractivity contribution in [2.24, 2.45) is 0 Å². The minimum absolute atomic E-state index is 0.0632. The number of carbonyl (C=O) groups is 2. The van der Waals surface area contributed by atoms with E-state index in [2.05, 4.69) is 10.3 Å². The lowest BCUT2D eigenvalue weighted by molar-refractivity contribution is -0.150. The Kier molecular flexibility index (Phi) is 7.11. The first kappa shape index (κ1) is 22.9. The molecule has 12 heteroatoms. The molecular formula is C19H20ClN3O7S. The van der Waals surface area contributed by atoms with Crippen molar-refractivity contribution in [1.82, 2.24) is 9.29 Å². The van der Waals surface area contributed by atoms with Gasteiger partial charge in [0.15, 0.2) is 6.61 Å². The summed E-state index contributed by atoms with van der Waals surface area (Å²) in [6.07, 6.45) is 0.150. The van der Waals surface area contributed by atoms with E-state index in [0.29, 0.717) is 10.8 Å². The summed E-state index contributed by atoms with van der Waals surface area (Å²) >= 11 is 5.72. The molecule has 166 valence electrons. The highest BCUT2D eigenvalue weighted by Crippen LogP contribution is 2.28. The van der Waals surface area contributed by atoms with E-state index in [1.165, 1.54) is 49.7 Å². The highest BCUT2D eigenvalue weighted by molar-refractivity contribution is 7.89. The maximum absolute atomic E-state index is 13.0. The maximum Gasteiger partial charge on any atom is 0.325 e. The Hall–Kier alpha value is -2.73. The van der Waals surface area contributed by atoms with Crippen LogP contribution >= 0.6 is 11.6 Å². The quantitative estimate of drug-likeness (QED) is 0.574. The summed E-state index contributed by atoms with van der Waals surface area (Å²) in [6, 6.07) is 7.37. The predicted octanol–water partition coefficient (Wildman–Crippen LogP) is 1.05. The third-order valence-corrected chi connectivity index (χ3v) is 6.62. The van der Waals surface area contributed by atoms with Crippen LogP contribution in [-0.4, -0.2) is 67.1 Å². The predicted molar refractivity (Wildman–Crippen MR) is 110 cm³/mol. The third-order valence-electron chi connectivity index (χ3n) is 4.51. The Balaban J connectivity index is 1.66. The Morgan fingerprint density at radius 3 is 2.58 bits per heavy atom. The van der Waals surface area contributed by atoms with Crippen LogP contribution in [0, 0.1) is 0 Å². The number of anilines is 1. The number of halogens is 1. The molecular weight excluding hydrogens is 450 g/mol. The molecule has 0 saturated carbocycles. The van der Waals surface area contributed by atoms with Crippen molar-refractivity contribution < 1.29 is 32.6 Å². The maximum atomic E-state index is 13.0. The first-order chi connectivity index (χ1) is 14.7. The molecule has 31 heavy (non-hydrogen) atoms. The summed E-state index contributed by atoms with van der Waals surface area (Å²) < 4.78 is 36.8. The molecule has 1 aromatic carbocycles. The number of sulfonamides is 1. The zero-order valence-electron chi connectivity index (χ0n) is 16.4. The summed E-state index contributed by atoms with van der Waals surface area (Å²) in [5, 5.41) is 12.8. The zero-order chi connectivity index (χ0) is 22.6. The van der Waals surface area contributed by atoms with Crippen LogP contribution in [0.25, 0.3) is 0 Å². The SMILES string of the molecule is COc1ccc(S(=O)(=O)N2CC(O)C[C@@H]2C(=O)OCC(=O)Nc2ccc(Cl)cn2)cc1. The topological polar surface area (TPSA) is 135 Å². The van der Waals surface area contributed by atoms with Crippen molar-refractivity contribution in [3.8, 4) is 5.75 Å². The van der Waals surface area contributed by atoms with E-state index in [-0.39, 0.29) is 23.7 Å². The van der Waals surface area contributed by atoms with E-state index < -0.39 is 40.7 Å². The molecule has 10 nitrogen and oxygen atoms in total. The summed E-state index contributed by atoms with van der Waals surface area (Å²) in [5.41, 5.74) is 0. The van der Waals surface area contributed by atoms with E-state index >= 15 is 0 Å². The number of rotatable bonds is 7. The minimum atomic E-state index is -4.09. The van der Waals surface area contributed by atoms with Crippen molar-refractivity contribution in [3.05, 3.63) is 47.6 Å². The number of aliphatic hydroxyl groups excluding tert-OH is 1. The van der Waals surface area contributed by atoms with Gasteiger partial charge in [-0.1, -0.05) is 11.6 Å². The number of benzene rings is 1. The second-order valence-corrected chi connectivity index (χ2v) is 9.00. The molecule has 1 unspecified atom stereocenters. The zero-order valence-corrected chi connectivity index (χ0v) is 18.0. The van der Waals surface area contributed by atoms with E-state index in [9.17, 15) is 23.1 Å². The van der Waals surface area contributed by atoms with Crippen LogP contribution in [0.5, 0.6) is 5.75 Å². The summed E-state index contributed by atoms with van der Waals surface area (Å²) in [7, 11) is -2.64.